The molecule has 2 N–H and O–H groups in total. The highest BCUT2D eigenvalue weighted by molar-refractivity contribution is 4.75. The monoisotopic (exact) mass is 302 g/mol. The Hall–Kier alpha value is -0.200. The van der Waals surface area contributed by atoms with Gasteiger partial charge in [0.15, 0.2) is 0 Å². The van der Waals surface area contributed by atoms with Crippen molar-refractivity contribution in [3.63, 3.8) is 0 Å². The lowest BCUT2D eigenvalue weighted by Crippen LogP contribution is -2.34. The van der Waals surface area contributed by atoms with Crippen LogP contribution in [0.1, 0.15) is 51.4 Å². The maximum absolute atomic E-state index is 9.77. The molecule has 2 aliphatic carbocycles. The van der Waals surface area contributed by atoms with Gasteiger partial charge in [-0.3, -0.25) is 0 Å². The van der Waals surface area contributed by atoms with E-state index in [1.54, 1.807) is 0 Å². The van der Waals surface area contributed by atoms with Crippen LogP contribution in [0.4, 0.5) is 0 Å². The zero-order valence-electron chi connectivity index (χ0n) is 12.9. The number of hydrogen-bond donors (Lipinski definition) is 2. The predicted molar refractivity (Wildman–Crippen MR) is 79.2 cm³/mol. The molecule has 0 amide bonds. The third kappa shape index (κ3) is 6.20. The first kappa shape index (κ1) is 17.2. The Morgan fingerprint density at radius 3 is 1.48 bits per heavy atom. The van der Waals surface area contributed by atoms with E-state index in [4.69, 9.17) is 14.2 Å². The third-order valence-corrected chi connectivity index (χ3v) is 4.45. The summed E-state index contributed by atoms with van der Waals surface area (Å²) in [6, 6.07) is 0. The molecule has 2 rings (SSSR count). The van der Waals surface area contributed by atoms with Crippen molar-refractivity contribution < 1.29 is 24.4 Å². The summed E-state index contributed by atoms with van der Waals surface area (Å²) in [6.07, 6.45) is 7.42. The van der Waals surface area contributed by atoms with E-state index in [1.165, 1.54) is 0 Å². The van der Waals surface area contributed by atoms with Crippen molar-refractivity contribution in [1.82, 2.24) is 0 Å². The first-order valence-corrected chi connectivity index (χ1v) is 8.44. The van der Waals surface area contributed by atoms with Gasteiger partial charge in [-0.25, -0.2) is 0 Å². The lowest BCUT2D eigenvalue weighted by molar-refractivity contribution is -0.0903. The molecule has 0 aromatic rings. The summed E-state index contributed by atoms with van der Waals surface area (Å²) >= 11 is 0. The molecule has 0 unspecified atom stereocenters. The molecule has 124 valence electrons. The van der Waals surface area contributed by atoms with Crippen LogP contribution in [0.15, 0.2) is 0 Å². The Morgan fingerprint density at radius 1 is 0.619 bits per heavy atom. The molecule has 0 aliphatic heterocycles. The van der Waals surface area contributed by atoms with Gasteiger partial charge in [-0.15, -0.1) is 0 Å². The van der Waals surface area contributed by atoms with E-state index in [2.05, 4.69) is 0 Å². The van der Waals surface area contributed by atoms with Crippen molar-refractivity contribution >= 4 is 0 Å². The Morgan fingerprint density at radius 2 is 1.05 bits per heavy atom. The molecule has 21 heavy (non-hydrogen) atoms. The fourth-order valence-corrected chi connectivity index (χ4v) is 3.16. The predicted octanol–water partition coefficient (Wildman–Crippen LogP) is 1.64. The molecule has 0 heterocycles. The molecule has 0 spiro atoms. The molecule has 0 bridgehead atoms. The fraction of sp³-hybridized carbons (Fsp3) is 1.00. The van der Waals surface area contributed by atoms with Crippen LogP contribution in [-0.2, 0) is 14.2 Å². The van der Waals surface area contributed by atoms with Gasteiger partial charge >= 0.3 is 0 Å². The van der Waals surface area contributed by atoms with Gasteiger partial charge in [-0.1, -0.05) is 25.7 Å². The van der Waals surface area contributed by atoms with Crippen LogP contribution in [0.5, 0.6) is 0 Å². The summed E-state index contributed by atoms with van der Waals surface area (Å²) in [7, 11) is 0. The van der Waals surface area contributed by atoms with E-state index in [0.717, 1.165) is 51.4 Å². The largest absolute Gasteiger partial charge is 0.390 e. The second-order valence-corrected chi connectivity index (χ2v) is 6.13. The van der Waals surface area contributed by atoms with Crippen molar-refractivity contribution in [3.8, 4) is 0 Å². The minimum Gasteiger partial charge on any atom is -0.390 e. The van der Waals surface area contributed by atoms with Gasteiger partial charge in [0, 0.05) is 0 Å². The normalized spacial score (nSPS) is 34.0. The second-order valence-electron chi connectivity index (χ2n) is 6.13. The van der Waals surface area contributed by atoms with Crippen molar-refractivity contribution in [2.24, 2.45) is 0 Å². The smallest absolute Gasteiger partial charge is 0.0835 e. The molecule has 5 nitrogen and oxygen atoms in total. The Bertz CT molecular complexity index is 247. The SMILES string of the molecule is O[C@@H]1CCCC[C@@H]1OCCOCCO[C@H]1CCCC[C@@H]1O. The van der Waals surface area contributed by atoms with Gasteiger partial charge in [0.05, 0.1) is 50.8 Å². The molecule has 2 saturated carbocycles. The number of hydrogen-bond acceptors (Lipinski definition) is 5. The molecule has 2 fully saturated rings. The quantitative estimate of drug-likeness (QED) is 0.667. The van der Waals surface area contributed by atoms with E-state index in [9.17, 15) is 10.2 Å². The van der Waals surface area contributed by atoms with Crippen LogP contribution >= 0.6 is 0 Å². The van der Waals surface area contributed by atoms with Gasteiger partial charge in [-0.2, -0.15) is 0 Å². The lowest BCUT2D eigenvalue weighted by atomic mass is 9.95. The highest BCUT2D eigenvalue weighted by Crippen LogP contribution is 2.21. The Kier molecular flexibility index (Phi) is 7.96. The third-order valence-electron chi connectivity index (χ3n) is 4.45. The van der Waals surface area contributed by atoms with Crippen molar-refractivity contribution in [1.29, 1.82) is 0 Å². The summed E-state index contributed by atoms with van der Waals surface area (Å²) in [5.41, 5.74) is 0. The standard InChI is InChI=1S/C16H30O5/c17-13-5-1-3-7-15(13)20-11-9-19-10-12-21-16-8-4-2-6-14(16)18/h13-18H,1-12H2/t13-,14+,15-,16-/m0/s1. The number of rotatable bonds is 8. The highest BCUT2D eigenvalue weighted by Gasteiger charge is 2.24. The van der Waals surface area contributed by atoms with Crippen LogP contribution in [0.3, 0.4) is 0 Å². The van der Waals surface area contributed by atoms with Crippen LogP contribution in [0.2, 0.25) is 0 Å². The molecule has 0 aromatic carbocycles. The van der Waals surface area contributed by atoms with Gasteiger partial charge in [0.1, 0.15) is 0 Å². The number of aliphatic hydroxyl groups is 2. The van der Waals surface area contributed by atoms with Crippen molar-refractivity contribution in [2.45, 2.75) is 75.8 Å². The first-order chi connectivity index (χ1) is 10.3. The topological polar surface area (TPSA) is 68.2 Å². The van der Waals surface area contributed by atoms with Gasteiger partial charge in [0.2, 0.25) is 0 Å². The van der Waals surface area contributed by atoms with Crippen molar-refractivity contribution in [2.75, 3.05) is 26.4 Å². The number of aliphatic hydroxyl groups excluding tert-OH is 2. The molecule has 0 radical (unpaired) electrons. The molecule has 2 aliphatic rings. The maximum Gasteiger partial charge on any atom is 0.0835 e. The summed E-state index contributed by atoms with van der Waals surface area (Å²) < 4.78 is 16.8. The molecular weight excluding hydrogens is 272 g/mol. The fourth-order valence-electron chi connectivity index (χ4n) is 3.16. The van der Waals surface area contributed by atoms with Crippen LogP contribution in [0.25, 0.3) is 0 Å². The Balaban J connectivity index is 1.43. The van der Waals surface area contributed by atoms with E-state index in [-0.39, 0.29) is 24.4 Å². The molecule has 0 saturated heterocycles. The van der Waals surface area contributed by atoms with E-state index in [1.807, 2.05) is 0 Å². The molecule has 5 heteroatoms. The maximum atomic E-state index is 9.77. The minimum absolute atomic E-state index is 0.0176. The van der Waals surface area contributed by atoms with Gasteiger partial charge in [-0.05, 0) is 25.7 Å². The zero-order chi connectivity index (χ0) is 14.9. The van der Waals surface area contributed by atoms with Crippen LogP contribution in [0, 0.1) is 0 Å². The zero-order valence-corrected chi connectivity index (χ0v) is 12.9. The second kappa shape index (κ2) is 9.74. The van der Waals surface area contributed by atoms with Crippen LogP contribution in [-0.4, -0.2) is 61.1 Å². The van der Waals surface area contributed by atoms with Gasteiger partial charge < -0.3 is 24.4 Å². The average Bonchev–Trinajstić information content (AvgIpc) is 2.50. The number of ether oxygens (including phenoxy) is 3. The van der Waals surface area contributed by atoms with E-state index >= 15 is 0 Å². The molecular formula is C16H30O5. The minimum atomic E-state index is -0.310. The van der Waals surface area contributed by atoms with Crippen LogP contribution < -0.4 is 0 Å². The van der Waals surface area contributed by atoms with E-state index < -0.39 is 0 Å². The highest BCUT2D eigenvalue weighted by atomic mass is 16.6. The molecule has 0 aromatic heterocycles. The summed E-state index contributed by atoms with van der Waals surface area (Å²) in [5.74, 6) is 0. The van der Waals surface area contributed by atoms with Crippen molar-refractivity contribution in [3.05, 3.63) is 0 Å². The average molecular weight is 302 g/mol. The summed E-state index contributed by atoms with van der Waals surface area (Å²) in [5, 5.41) is 19.5. The van der Waals surface area contributed by atoms with E-state index in [0.29, 0.717) is 26.4 Å². The molecule has 4 atom stereocenters. The first-order valence-electron chi connectivity index (χ1n) is 8.44. The summed E-state index contributed by atoms with van der Waals surface area (Å²) in [4.78, 5) is 0. The Labute approximate surface area is 127 Å². The van der Waals surface area contributed by atoms with Gasteiger partial charge in [0.25, 0.3) is 0 Å². The summed E-state index contributed by atoms with van der Waals surface area (Å²) in [6.45, 7) is 2.10. The lowest BCUT2D eigenvalue weighted by Gasteiger charge is -2.28.